The maximum Gasteiger partial charge on any atom is 0.305 e. The third kappa shape index (κ3) is 13.0. The number of benzene rings is 2. The second kappa shape index (κ2) is 18.1. The Kier molecular flexibility index (Phi) is 16.1. The molecule has 2 rings (SSSR count). The molecule has 0 fully saturated rings. The summed E-state index contributed by atoms with van der Waals surface area (Å²) in [6.07, 6.45) is -1.29. The Balaban J connectivity index is 0.000000472. The number of nitrogens with zero attached hydrogens (tertiary/aromatic N) is 2. The number of ether oxygens (including phenoxy) is 2. The monoisotopic (exact) mass is 688 g/mol. The quantitative estimate of drug-likeness (QED) is 0.0882. The summed E-state index contributed by atoms with van der Waals surface area (Å²) in [5.41, 5.74) is 0.223. The average molecular weight is 690 g/mol. The fourth-order valence-corrected chi connectivity index (χ4v) is 5.51. The lowest BCUT2D eigenvalue weighted by Crippen LogP contribution is -2.42. The highest BCUT2D eigenvalue weighted by Crippen LogP contribution is 2.43. The van der Waals surface area contributed by atoms with Crippen LogP contribution in [0.5, 0.6) is 0 Å². The molecule has 0 saturated heterocycles. The van der Waals surface area contributed by atoms with Crippen LogP contribution in [-0.2, 0) is 23.5 Å². The Morgan fingerprint density at radius 2 is 1.27 bits per heavy atom. The van der Waals surface area contributed by atoms with Crippen molar-refractivity contribution in [2.75, 3.05) is 13.2 Å². The van der Waals surface area contributed by atoms with Crippen molar-refractivity contribution in [3.05, 3.63) is 77.8 Å². The first-order valence-electron chi connectivity index (χ1n) is 14.4. The van der Waals surface area contributed by atoms with Gasteiger partial charge in [0.2, 0.25) is 0 Å². The van der Waals surface area contributed by atoms with Gasteiger partial charge in [0.05, 0.1) is 46.4 Å². The summed E-state index contributed by atoms with van der Waals surface area (Å²) >= 11 is 11.8. The standard InChI is InChI=1S/C18H28ClNO5Si.C12H14ClNO5/c1-7-24-17(21)11-10-16(25-26(5,6)18(2,3)4)14-12-13(19)8-9-15(14)20(22)23;1-2-19-12(16)6-5-11(15)9-7-8(13)3-4-10(9)14(17)18/h8-9,12,16H,7,10-11H2,1-6H3;3-4,7,11,15H,2,5-6H2,1H3. The number of esters is 2. The maximum atomic E-state index is 11.8. The van der Waals surface area contributed by atoms with E-state index in [9.17, 15) is 34.9 Å². The second-order valence-corrected chi connectivity index (χ2v) is 17.1. The van der Waals surface area contributed by atoms with E-state index >= 15 is 0 Å². The first-order valence-corrected chi connectivity index (χ1v) is 18.1. The van der Waals surface area contributed by atoms with Crippen molar-refractivity contribution in [1.29, 1.82) is 0 Å². The van der Waals surface area contributed by atoms with Crippen LogP contribution in [0, 0.1) is 20.2 Å². The zero-order chi connectivity index (χ0) is 34.5. The van der Waals surface area contributed by atoms with Gasteiger partial charge in [0.1, 0.15) is 0 Å². The van der Waals surface area contributed by atoms with Gasteiger partial charge in [-0.25, -0.2) is 0 Å². The molecule has 2 aromatic rings. The zero-order valence-electron chi connectivity index (χ0n) is 26.6. The van der Waals surface area contributed by atoms with E-state index in [1.165, 1.54) is 30.3 Å². The zero-order valence-corrected chi connectivity index (χ0v) is 29.1. The molecule has 1 N–H and O–H groups in total. The highest BCUT2D eigenvalue weighted by Gasteiger charge is 2.40. The lowest BCUT2D eigenvalue weighted by molar-refractivity contribution is -0.386. The highest BCUT2D eigenvalue weighted by molar-refractivity contribution is 6.74. The van der Waals surface area contributed by atoms with Gasteiger partial charge in [-0.1, -0.05) is 44.0 Å². The fourth-order valence-electron chi connectivity index (χ4n) is 3.84. The van der Waals surface area contributed by atoms with Crippen molar-refractivity contribution in [3.63, 3.8) is 0 Å². The van der Waals surface area contributed by atoms with E-state index in [4.69, 9.17) is 37.1 Å². The number of hydrogen-bond donors (Lipinski definition) is 1. The fraction of sp³-hybridized carbons (Fsp3) is 0.533. The molecule has 0 radical (unpaired) electrons. The Morgan fingerprint density at radius 1 is 0.844 bits per heavy atom. The predicted octanol–water partition coefficient (Wildman–Crippen LogP) is 8.28. The van der Waals surface area contributed by atoms with Crippen LogP contribution >= 0.6 is 23.2 Å². The first-order chi connectivity index (χ1) is 20.8. The largest absolute Gasteiger partial charge is 0.466 e. The summed E-state index contributed by atoms with van der Waals surface area (Å²) in [7, 11) is -2.23. The lowest BCUT2D eigenvalue weighted by atomic mass is 10.0. The van der Waals surface area contributed by atoms with Crippen molar-refractivity contribution in [2.45, 2.75) is 90.6 Å². The van der Waals surface area contributed by atoms with Gasteiger partial charge in [0.25, 0.3) is 11.4 Å². The van der Waals surface area contributed by atoms with Crippen molar-refractivity contribution >= 4 is 54.8 Å². The molecule has 12 nitrogen and oxygen atoms in total. The van der Waals surface area contributed by atoms with Gasteiger partial charge in [0, 0.05) is 35.0 Å². The molecular formula is C30H42Cl2N2O10Si. The molecule has 2 atom stereocenters. The maximum absolute atomic E-state index is 11.8. The van der Waals surface area contributed by atoms with E-state index in [1.54, 1.807) is 19.9 Å². The van der Waals surface area contributed by atoms with Gasteiger partial charge in [-0.05, 0) is 69.1 Å². The van der Waals surface area contributed by atoms with Crippen molar-refractivity contribution < 1.29 is 38.4 Å². The molecule has 45 heavy (non-hydrogen) atoms. The molecule has 2 aromatic carbocycles. The SMILES string of the molecule is CCOC(=O)CCC(O)c1cc(Cl)ccc1[N+](=O)[O-].CCOC(=O)CCC(O[Si](C)(C)C(C)(C)C)c1cc(Cl)ccc1[N+](=O)[O-]. The minimum atomic E-state index is -2.23. The molecular weight excluding hydrogens is 647 g/mol. The Bertz CT molecular complexity index is 1330. The van der Waals surface area contributed by atoms with Crippen molar-refractivity contribution in [1.82, 2.24) is 0 Å². The summed E-state index contributed by atoms with van der Waals surface area (Å²) in [5, 5.41) is 32.8. The van der Waals surface area contributed by atoms with E-state index in [1.807, 2.05) is 0 Å². The third-order valence-corrected chi connectivity index (χ3v) is 12.1. The first kappa shape index (κ1) is 39.9. The summed E-state index contributed by atoms with van der Waals surface area (Å²) in [5.74, 6) is -0.799. The van der Waals surface area contributed by atoms with E-state index in [0.717, 1.165) is 0 Å². The minimum absolute atomic E-state index is 0.0152. The topological polar surface area (TPSA) is 168 Å². The average Bonchev–Trinajstić information content (AvgIpc) is 2.93. The van der Waals surface area contributed by atoms with Crippen LogP contribution in [0.15, 0.2) is 36.4 Å². The molecule has 0 bridgehead atoms. The number of hydrogen-bond acceptors (Lipinski definition) is 10. The molecule has 0 spiro atoms. The van der Waals surface area contributed by atoms with Gasteiger partial charge >= 0.3 is 11.9 Å². The van der Waals surface area contributed by atoms with E-state index in [0.29, 0.717) is 23.6 Å². The van der Waals surface area contributed by atoms with Gasteiger partial charge in [-0.3, -0.25) is 29.8 Å². The molecule has 0 aliphatic rings. The number of aliphatic hydroxyl groups is 1. The normalized spacial score (nSPS) is 12.8. The number of halogens is 2. The van der Waals surface area contributed by atoms with Gasteiger partial charge < -0.3 is 19.0 Å². The number of nitro benzene ring substituents is 2. The Morgan fingerprint density at radius 3 is 1.69 bits per heavy atom. The van der Waals surface area contributed by atoms with Crippen LogP contribution in [0.4, 0.5) is 11.4 Å². The second-order valence-electron chi connectivity index (χ2n) is 11.5. The van der Waals surface area contributed by atoms with Crippen LogP contribution in [0.25, 0.3) is 0 Å². The van der Waals surface area contributed by atoms with E-state index in [-0.39, 0.29) is 58.8 Å². The predicted molar refractivity (Wildman–Crippen MR) is 174 cm³/mol. The highest BCUT2D eigenvalue weighted by atomic mass is 35.5. The smallest absolute Gasteiger partial charge is 0.305 e. The Hall–Kier alpha value is -3.10. The van der Waals surface area contributed by atoms with Crippen LogP contribution < -0.4 is 0 Å². The van der Waals surface area contributed by atoms with E-state index < -0.39 is 36.3 Å². The van der Waals surface area contributed by atoms with Gasteiger partial charge in [0.15, 0.2) is 8.32 Å². The number of aliphatic hydroxyl groups excluding tert-OH is 1. The van der Waals surface area contributed by atoms with Crippen LogP contribution in [0.1, 0.15) is 83.6 Å². The summed E-state index contributed by atoms with van der Waals surface area (Å²) < 4.78 is 16.1. The molecule has 0 saturated carbocycles. The van der Waals surface area contributed by atoms with Crippen LogP contribution in [0.2, 0.25) is 28.2 Å². The molecule has 0 aliphatic heterocycles. The molecule has 15 heteroatoms. The van der Waals surface area contributed by atoms with Gasteiger partial charge in [-0.2, -0.15) is 0 Å². The number of rotatable bonds is 14. The molecule has 0 amide bonds. The third-order valence-electron chi connectivity index (χ3n) is 7.16. The number of carbonyl (C=O) groups excluding carboxylic acids is 2. The Labute approximate surface area is 274 Å². The van der Waals surface area contributed by atoms with Crippen molar-refractivity contribution in [3.8, 4) is 0 Å². The summed E-state index contributed by atoms with van der Waals surface area (Å²) in [6.45, 7) is 14.4. The molecule has 0 heterocycles. The van der Waals surface area contributed by atoms with Crippen molar-refractivity contribution in [2.24, 2.45) is 0 Å². The summed E-state index contributed by atoms with van der Waals surface area (Å²) in [6, 6.07) is 8.35. The molecule has 2 unspecified atom stereocenters. The molecule has 0 aromatic heterocycles. The summed E-state index contributed by atoms with van der Waals surface area (Å²) in [4.78, 5) is 44.2. The lowest BCUT2D eigenvalue weighted by Gasteiger charge is -2.39. The number of nitro groups is 2. The van der Waals surface area contributed by atoms with Crippen LogP contribution in [0.3, 0.4) is 0 Å². The number of carbonyl (C=O) groups is 2. The van der Waals surface area contributed by atoms with Gasteiger partial charge in [-0.15, -0.1) is 0 Å². The minimum Gasteiger partial charge on any atom is -0.466 e. The molecule has 0 aliphatic carbocycles. The molecule has 250 valence electrons. The van der Waals surface area contributed by atoms with Crippen LogP contribution in [-0.4, -0.2) is 48.4 Å². The van der Waals surface area contributed by atoms with E-state index in [2.05, 4.69) is 33.9 Å².